The first kappa shape index (κ1) is 11.0. The minimum Gasteiger partial charge on any atom is -0.395 e. The number of hydrogen-bond donors (Lipinski definition) is 1. The predicted octanol–water partition coefficient (Wildman–Crippen LogP) is 1.88. The van der Waals surface area contributed by atoms with E-state index < -0.39 is 0 Å². The van der Waals surface area contributed by atoms with E-state index in [0.717, 1.165) is 18.1 Å². The van der Waals surface area contributed by atoms with Gasteiger partial charge in [-0.1, -0.05) is 12.8 Å². The van der Waals surface area contributed by atoms with E-state index in [0.29, 0.717) is 6.04 Å². The fourth-order valence-corrected chi connectivity index (χ4v) is 2.93. The molecule has 1 N–H and O–H groups in total. The SMILES string of the molecule is OCCN(Cc1nccs1)C1CCCC1. The third-order valence-corrected chi connectivity index (χ3v) is 3.81. The minimum absolute atomic E-state index is 0.252. The van der Waals surface area contributed by atoms with Crippen LogP contribution in [0.3, 0.4) is 0 Å². The molecular weight excluding hydrogens is 208 g/mol. The van der Waals surface area contributed by atoms with E-state index in [1.165, 1.54) is 25.7 Å². The number of rotatable bonds is 5. The first-order valence-corrected chi connectivity index (χ1v) is 6.51. The van der Waals surface area contributed by atoms with E-state index in [9.17, 15) is 0 Å². The van der Waals surface area contributed by atoms with Crippen molar-refractivity contribution < 1.29 is 5.11 Å². The molecule has 0 bridgehead atoms. The molecule has 1 aliphatic carbocycles. The lowest BCUT2D eigenvalue weighted by Gasteiger charge is -2.26. The molecule has 1 saturated carbocycles. The number of aliphatic hydroxyl groups is 1. The maximum atomic E-state index is 9.07. The van der Waals surface area contributed by atoms with Crippen molar-refractivity contribution in [2.24, 2.45) is 0 Å². The summed E-state index contributed by atoms with van der Waals surface area (Å²) in [7, 11) is 0. The Hall–Kier alpha value is -0.450. The first-order valence-electron chi connectivity index (χ1n) is 5.63. The smallest absolute Gasteiger partial charge is 0.107 e. The maximum Gasteiger partial charge on any atom is 0.107 e. The zero-order valence-electron chi connectivity index (χ0n) is 8.93. The monoisotopic (exact) mass is 226 g/mol. The average Bonchev–Trinajstić information content (AvgIpc) is 2.89. The number of thiazole rings is 1. The maximum absolute atomic E-state index is 9.07. The summed E-state index contributed by atoms with van der Waals surface area (Å²) >= 11 is 1.70. The van der Waals surface area contributed by atoms with E-state index >= 15 is 0 Å². The third-order valence-electron chi connectivity index (χ3n) is 3.05. The van der Waals surface area contributed by atoms with Gasteiger partial charge >= 0.3 is 0 Å². The molecule has 0 atom stereocenters. The van der Waals surface area contributed by atoms with Gasteiger partial charge in [-0.25, -0.2) is 4.98 Å². The Labute approximate surface area is 94.8 Å². The van der Waals surface area contributed by atoms with Crippen molar-refractivity contribution in [1.82, 2.24) is 9.88 Å². The Morgan fingerprint density at radius 3 is 2.87 bits per heavy atom. The molecule has 4 heteroatoms. The summed E-state index contributed by atoms with van der Waals surface area (Å²) in [5.41, 5.74) is 0. The Morgan fingerprint density at radius 2 is 2.27 bits per heavy atom. The van der Waals surface area contributed by atoms with Crippen LogP contribution in [0.25, 0.3) is 0 Å². The highest BCUT2D eigenvalue weighted by Gasteiger charge is 2.22. The minimum atomic E-state index is 0.252. The molecule has 0 amide bonds. The number of nitrogens with zero attached hydrogens (tertiary/aromatic N) is 2. The highest BCUT2D eigenvalue weighted by atomic mass is 32.1. The molecule has 0 unspecified atom stereocenters. The van der Waals surface area contributed by atoms with Crippen LogP contribution in [0.5, 0.6) is 0 Å². The molecule has 1 heterocycles. The van der Waals surface area contributed by atoms with Gasteiger partial charge in [-0.05, 0) is 12.8 Å². The van der Waals surface area contributed by atoms with Crippen LogP contribution < -0.4 is 0 Å². The molecular formula is C11H18N2OS. The summed E-state index contributed by atoms with van der Waals surface area (Å²) < 4.78 is 0. The van der Waals surface area contributed by atoms with Gasteiger partial charge in [0.2, 0.25) is 0 Å². The van der Waals surface area contributed by atoms with Crippen molar-refractivity contribution in [1.29, 1.82) is 0 Å². The van der Waals surface area contributed by atoms with Gasteiger partial charge in [-0.2, -0.15) is 0 Å². The summed E-state index contributed by atoms with van der Waals surface area (Å²) in [5.74, 6) is 0. The van der Waals surface area contributed by atoms with Gasteiger partial charge in [-0.15, -0.1) is 11.3 Å². The zero-order valence-corrected chi connectivity index (χ0v) is 9.75. The van der Waals surface area contributed by atoms with Gasteiger partial charge < -0.3 is 5.11 Å². The van der Waals surface area contributed by atoms with Crippen LogP contribution >= 0.6 is 11.3 Å². The van der Waals surface area contributed by atoms with Crippen molar-refractivity contribution >= 4 is 11.3 Å². The molecule has 3 nitrogen and oxygen atoms in total. The summed E-state index contributed by atoms with van der Waals surface area (Å²) in [6.45, 7) is 1.94. The molecule has 1 aromatic heterocycles. The second-order valence-corrected chi connectivity index (χ2v) is 5.04. The predicted molar refractivity (Wildman–Crippen MR) is 61.9 cm³/mol. The quantitative estimate of drug-likeness (QED) is 0.833. The topological polar surface area (TPSA) is 36.4 Å². The normalized spacial score (nSPS) is 17.7. The molecule has 1 fully saturated rings. The number of aromatic nitrogens is 1. The highest BCUT2D eigenvalue weighted by Crippen LogP contribution is 2.24. The van der Waals surface area contributed by atoms with Crippen LogP contribution in [0.4, 0.5) is 0 Å². The van der Waals surface area contributed by atoms with Gasteiger partial charge in [0.25, 0.3) is 0 Å². The highest BCUT2D eigenvalue weighted by molar-refractivity contribution is 7.09. The van der Waals surface area contributed by atoms with Crippen molar-refractivity contribution in [3.63, 3.8) is 0 Å². The van der Waals surface area contributed by atoms with Gasteiger partial charge in [0.15, 0.2) is 0 Å². The van der Waals surface area contributed by atoms with Crippen LogP contribution in [-0.4, -0.2) is 34.2 Å². The second-order valence-electron chi connectivity index (χ2n) is 4.06. The summed E-state index contributed by atoms with van der Waals surface area (Å²) in [5, 5.41) is 12.2. The summed E-state index contributed by atoms with van der Waals surface area (Å²) in [4.78, 5) is 6.69. The third kappa shape index (κ3) is 3.00. The van der Waals surface area contributed by atoms with E-state index in [4.69, 9.17) is 5.11 Å². The van der Waals surface area contributed by atoms with Gasteiger partial charge in [0, 0.05) is 24.2 Å². The fourth-order valence-electron chi connectivity index (χ4n) is 2.29. The van der Waals surface area contributed by atoms with Crippen LogP contribution in [-0.2, 0) is 6.54 Å². The van der Waals surface area contributed by atoms with Crippen LogP contribution in [0.1, 0.15) is 30.7 Å². The van der Waals surface area contributed by atoms with E-state index in [2.05, 4.69) is 9.88 Å². The molecule has 1 aromatic rings. The molecule has 84 valence electrons. The number of aliphatic hydroxyl groups excluding tert-OH is 1. The van der Waals surface area contributed by atoms with Crippen LogP contribution in [0.2, 0.25) is 0 Å². The van der Waals surface area contributed by atoms with Gasteiger partial charge in [-0.3, -0.25) is 4.90 Å². The molecule has 0 aromatic carbocycles. The zero-order chi connectivity index (χ0) is 10.5. The molecule has 0 radical (unpaired) electrons. The van der Waals surface area contributed by atoms with E-state index in [1.54, 1.807) is 11.3 Å². The molecule has 0 saturated heterocycles. The number of hydrogen-bond acceptors (Lipinski definition) is 4. The van der Waals surface area contributed by atoms with Crippen LogP contribution in [0.15, 0.2) is 11.6 Å². The molecule has 0 spiro atoms. The Kier molecular flexibility index (Phi) is 4.11. The van der Waals surface area contributed by atoms with Crippen molar-refractivity contribution in [2.45, 2.75) is 38.3 Å². The van der Waals surface area contributed by atoms with Crippen molar-refractivity contribution in [3.8, 4) is 0 Å². The van der Waals surface area contributed by atoms with Crippen molar-refractivity contribution in [3.05, 3.63) is 16.6 Å². The summed E-state index contributed by atoms with van der Waals surface area (Å²) in [6.07, 6.45) is 7.09. The Morgan fingerprint density at radius 1 is 1.47 bits per heavy atom. The van der Waals surface area contributed by atoms with E-state index in [1.807, 2.05) is 11.6 Å². The van der Waals surface area contributed by atoms with E-state index in [-0.39, 0.29) is 6.61 Å². The summed E-state index contributed by atoms with van der Waals surface area (Å²) in [6, 6.07) is 0.668. The average molecular weight is 226 g/mol. The van der Waals surface area contributed by atoms with Crippen LogP contribution in [0, 0.1) is 0 Å². The van der Waals surface area contributed by atoms with Crippen molar-refractivity contribution in [2.75, 3.05) is 13.2 Å². The van der Waals surface area contributed by atoms with Gasteiger partial charge in [0.1, 0.15) is 5.01 Å². The molecule has 1 aliphatic rings. The lowest BCUT2D eigenvalue weighted by atomic mass is 10.2. The molecule has 0 aliphatic heterocycles. The van der Waals surface area contributed by atoms with Gasteiger partial charge in [0.05, 0.1) is 13.2 Å². The fraction of sp³-hybridized carbons (Fsp3) is 0.727. The second kappa shape index (κ2) is 5.58. The lowest BCUT2D eigenvalue weighted by Crippen LogP contribution is -2.35. The first-order chi connectivity index (χ1) is 7.40. The Bertz CT molecular complexity index is 270. The lowest BCUT2D eigenvalue weighted by molar-refractivity contribution is 0.144. The molecule has 15 heavy (non-hydrogen) atoms. The Balaban J connectivity index is 1.93. The molecule has 2 rings (SSSR count). The standard InChI is InChI=1S/C11H18N2OS/c14-7-6-13(10-3-1-2-4-10)9-11-12-5-8-15-11/h5,8,10,14H,1-4,6-7,9H2. The largest absolute Gasteiger partial charge is 0.395 e.